The maximum Gasteiger partial charge on any atom is 0.335 e. The molecule has 0 heterocycles. The van der Waals surface area contributed by atoms with Crippen molar-refractivity contribution < 1.29 is 14.6 Å². The van der Waals surface area contributed by atoms with Crippen LogP contribution in [0.4, 0.5) is 0 Å². The van der Waals surface area contributed by atoms with E-state index in [1.807, 2.05) is 26.0 Å². The van der Waals surface area contributed by atoms with Crippen LogP contribution in [0.2, 0.25) is 5.02 Å². The Morgan fingerprint density at radius 3 is 2.50 bits per heavy atom. The van der Waals surface area contributed by atoms with E-state index in [-0.39, 0.29) is 5.56 Å². The van der Waals surface area contributed by atoms with Gasteiger partial charge in [-0.1, -0.05) is 17.7 Å². The summed E-state index contributed by atoms with van der Waals surface area (Å²) in [4.78, 5) is 11.1. The summed E-state index contributed by atoms with van der Waals surface area (Å²) in [5.41, 5.74) is 3.76. The number of hydrogen-bond donors (Lipinski definition) is 1. The van der Waals surface area contributed by atoms with E-state index in [1.54, 1.807) is 19.2 Å². The highest BCUT2D eigenvalue weighted by Crippen LogP contribution is 2.38. The maximum absolute atomic E-state index is 11.1. The van der Waals surface area contributed by atoms with Crippen molar-refractivity contribution >= 4 is 17.6 Å². The summed E-state index contributed by atoms with van der Waals surface area (Å²) in [5.74, 6) is -0.293. The number of halogens is 1. The van der Waals surface area contributed by atoms with Crippen LogP contribution in [0.25, 0.3) is 11.1 Å². The molecule has 1 N–H and O–H groups in total. The molecule has 0 aromatic heterocycles. The molecule has 2 aromatic rings. The van der Waals surface area contributed by atoms with Crippen molar-refractivity contribution in [2.45, 2.75) is 13.8 Å². The lowest BCUT2D eigenvalue weighted by Gasteiger charge is -2.15. The normalized spacial score (nSPS) is 10.4. The van der Waals surface area contributed by atoms with Crippen LogP contribution in [0.15, 0.2) is 30.3 Å². The van der Waals surface area contributed by atoms with Crippen LogP contribution < -0.4 is 4.74 Å². The third-order valence-corrected chi connectivity index (χ3v) is 3.48. The van der Waals surface area contributed by atoms with Gasteiger partial charge in [0.15, 0.2) is 0 Å². The second-order valence-corrected chi connectivity index (χ2v) is 5.07. The lowest BCUT2D eigenvalue weighted by Crippen LogP contribution is -1.98. The number of rotatable bonds is 3. The average Bonchev–Trinajstić information content (AvgIpc) is 2.38. The topological polar surface area (TPSA) is 46.5 Å². The number of aromatic carboxylic acids is 1. The van der Waals surface area contributed by atoms with Crippen LogP contribution in [0.5, 0.6) is 5.75 Å². The zero-order chi connectivity index (χ0) is 14.9. The number of hydrogen-bond acceptors (Lipinski definition) is 2. The summed E-state index contributed by atoms with van der Waals surface area (Å²) in [6.07, 6.45) is 0. The van der Waals surface area contributed by atoms with Gasteiger partial charge < -0.3 is 9.84 Å². The Hall–Kier alpha value is -2.00. The molecule has 4 heteroatoms. The minimum Gasteiger partial charge on any atom is -0.496 e. The minimum absolute atomic E-state index is 0.200. The molecule has 0 saturated heterocycles. The molecular formula is C16H15ClO3. The predicted molar refractivity (Wildman–Crippen MR) is 79.9 cm³/mol. The first-order valence-electron chi connectivity index (χ1n) is 6.12. The fourth-order valence-electron chi connectivity index (χ4n) is 2.28. The molecular weight excluding hydrogens is 276 g/mol. The molecule has 2 aromatic carbocycles. The molecule has 0 spiro atoms. The molecule has 0 saturated carbocycles. The minimum atomic E-state index is -0.980. The largest absolute Gasteiger partial charge is 0.496 e. The fourth-order valence-corrected chi connectivity index (χ4v) is 2.50. The molecule has 0 aliphatic rings. The summed E-state index contributed by atoms with van der Waals surface area (Å²) in [5, 5.41) is 9.61. The van der Waals surface area contributed by atoms with Gasteiger partial charge in [-0.25, -0.2) is 4.79 Å². The average molecular weight is 291 g/mol. The molecule has 2 rings (SSSR count). The van der Waals surface area contributed by atoms with E-state index in [1.165, 1.54) is 6.07 Å². The standard InChI is InChI=1S/C16H15ClO3/c1-9-6-10(2)15(14(7-9)20-3)12-8-11(16(18)19)4-5-13(12)17/h4-8H,1-3H3,(H,18,19). The van der Waals surface area contributed by atoms with Gasteiger partial charge in [-0.15, -0.1) is 0 Å². The Balaban J connectivity index is 2.73. The summed E-state index contributed by atoms with van der Waals surface area (Å²) >= 11 is 6.23. The van der Waals surface area contributed by atoms with Gasteiger partial charge in [0.1, 0.15) is 5.75 Å². The van der Waals surface area contributed by atoms with Gasteiger partial charge in [-0.2, -0.15) is 0 Å². The maximum atomic E-state index is 11.1. The molecule has 0 unspecified atom stereocenters. The molecule has 20 heavy (non-hydrogen) atoms. The van der Waals surface area contributed by atoms with Gasteiger partial charge in [0, 0.05) is 16.1 Å². The van der Waals surface area contributed by atoms with E-state index in [9.17, 15) is 4.79 Å². The molecule has 0 radical (unpaired) electrons. The Bertz CT molecular complexity index is 678. The molecule has 0 atom stereocenters. The highest BCUT2D eigenvalue weighted by Gasteiger charge is 2.15. The summed E-state index contributed by atoms with van der Waals surface area (Å²) in [6.45, 7) is 3.93. The molecule has 0 amide bonds. The summed E-state index contributed by atoms with van der Waals surface area (Å²) in [6, 6.07) is 8.59. The van der Waals surface area contributed by atoms with Crippen molar-refractivity contribution in [2.24, 2.45) is 0 Å². The first-order chi connectivity index (χ1) is 9.43. The van der Waals surface area contributed by atoms with Crippen LogP contribution in [0.3, 0.4) is 0 Å². The van der Waals surface area contributed by atoms with Gasteiger partial charge in [0.25, 0.3) is 0 Å². The zero-order valence-corrected chi connectivity index (χ0v) is 12.3. The Morgan fingerprint density at radius 1 is 1.20 bits per heavy atom. The van der Waals surface area contributed by atoms with Crippen molar-refractivity contribution in [1.82, 2.24) is 0 Å². The number of carboxylic acid groups (broad SMARTS) is 1. The van der Waals surface area contributed by atoms with E-state index < -0.39 is 5.97 Å². The number of aryl methyl sites for hydroxylation is 2. The molecule has 104 valence electrons. The predicted octanol–water partition coefficient (Wildman–Crippen LogP) is 4.33. The SMILES string of the molecule is COc1cc(C)cc(C)c1-c1cc(C(=O)O)ccc1Cl. The number of carbonyl (C=O) groups is 1. The summed E-state index contributed by atoms with van der Waals surface area (Å²) < 4.78 is 5.41. The van der Waals surface area contributed by atoms with E-state index in [4.69, 9.17) is 21.4 Å². The van der Waals surface area contributed by atoms with Crippen LogP contribution >= 0.6 is 11.6 Å². The first kappa shape index (κ1) is 14.4. The molecule has 0 aliphatic carbocycles. The van der Waals surface area contributed by atoms with Gasteiger partial charge in [0.2, 0.25) is 0 Å². The fraction of sp³-hybridized carbons (Fsp3) is 0.188. The Labute approximate surface area is 122 Å². The first-order valence-corrected chi connectivity index (χ1v) is 6.50. The molecule has 0 fully saturated rings. The monoisotopic (exact) mass is 290 g/mol. The Kier molecular flexibility index (Phi) is 4.00. The van der Waals surface area contributed by atoms with Crippen molar-refractivity contribution in [2.75, 3.05) is 7.11 Å². The lowest BCUT2D eigenvalue weighted by atomic mass is 9.96. The van der Waals surface area contributed by atoms with Crippen molar-refractivity contribution in [3.63, 3.8) is 0 Å². The highest BCUT2D eigenvalue weighted by molar-refractivity contribution is 6.33. The van der Waals surface area contributed by atoms with Gasteiger partial charge >= 0.3 is 5.97 Å². The number of benzene rings is 2. The number of ether oxygens (including phenoxy) is 1. The molecule has 3 nitrogen and oxygen atoms in total. The van der Waals surface area contributed by atoms with Crippen LogP contribution in [0.1, 0.15) is 21.5 Å². The van der Waals surface area contributed by atoms with Crippen molar-refractivity contribution in [3.8, 4) is 16.9 Å². The third kappa shape index (κ3) is 2.63. The van der Waals surface area contributed by atoms with Gasteiger partial charge in [-0.05, 0) is 49.2 Å². The Morgan fingerprint density at radius 2 is 1.90 bits per heavy atom. The smallest absolute Gasteiger partial charge is 0.335 e. The summed E-state index contributed by atoms with van der Waals surface area (Å²) in [7, 11) is 1.59. The molecule has 0 bridgehead atoms. The van der Waals surface area contributed by atoms with Crippen LogP contribution in [-0.4, -0.2) is 18.2 Å². The van der Waals surface area contributed by atoms with Crippen LogP contribution in [0, 0.1) is 13.8 Å². The zero-order valence-electron chi connectivity index (χ0n) is 11.5. The van der Waals surface area contributed by atoms with Crippen molar-refractivity contribution in [3.05, 3.63) is 52.0 Å². The third-order valence-electron chi connectivity index (χ3n) is 3.15. The van der Waals surface area contributed by atoms with E-state index >= 15 is 0 Å². The highest BCUT2D eigenvalue weighted by atomic mass is 35.5. The van der Waals surface area contributed by atoms with E-state index in [2.05, 4.69) is 0 Å². The van der Waals surface area contributed by atoms with Gasteiger partial charge in [0.05, 0.1) is 12.7 Å². The second kappa shape index (κ2) is 5.55. The lowest BCUT2D eigenvalue weighted by molar-refractivity contribution is 0.0697. The van der Waals surface area contributed by atoms with Crippen LogP contribution in [-0.2, 0) is 0 Å². The number of methoxy groups -OCH3 is 1. The van der Waals surface area contributed by atoms with E-state index in [0.29, 0.717) is 16.3 Å². The van der Waals surface area contributed by atoms with E-state index in [0.717, 1.165) is 16.7 Å². The quantitative estimate of drug-likeness (QED) is 0.915. The van der Waals surface area contributed by atoms with Gasteiger partial charge in [-0.3, -0.25) is 0 Å². The molecule has 0 aliphatic heterocycles. The second-order valence-electron chi connectivity index (χ2n) is 4.66. The number of carboxylic acids is 1. The van der Waals surface area contributed by atoms with Crippen molar-refractivity contribution in [1.29, 1.82) is 0 Å².